The summed E-state index contributed by atoms with van der Waals surface area (Å²) in [5, 5.41) is 3.56. The number of benzene rings is 1. The summed E-state index contributed by atoms with van der Waals surface area (Å²) in [5.41, 5.74) is 1.38. The molecular weight excluding hydrogens is 284 g/mol. The van der Waals surface area contributed by atoms with Gasteiger partial charge in [0.1, 0.15) is 0 Å². The van der Waals surface area contributed by atoms with Crippen LogP contribution in [0, 0.1) is 0 Å². The van der Waals surface area contributed by atoms with Gasteiger partial charge < -0.3 is 5.32 Å². The van der Waals surface area contributed by atoms with Crippen LogP contribution in [0.15, 0.2) is 30.3 Å². The van der Waals surface area contributed by atoms with E-state index in [4.69, 9.17) is 0 Å². The smallest absolute Gasteiger partial charge is 0.213 e. The lowest BCUT2D eigenvalue weighted by Gasteiger charge is -2.31. The summed E-state index contributed by atoms with van der Waals surface area (Å²) in [5.74, 6) is 0.210. The molecule has 21 heavy (non-hydrogen) atoms. The standard InChI is InChI=1S/C16H26N2O2S/c1-2-21(19,20)18-13-10-16(11-14-18)17-12-6-9-15-7-4-3-5-8-15/h3-5,7-8,16-17H,2,6,9-14H2,1H3. The molecule has 1 fully saturated rings. The van der Waals surface area contributed by atoms with Crippen LogP contribution in [0.1, 0.15) is 31.7 Å². The molecule has 0 aliphatic carbocycles. The van der Waals surface area contributed by atoms with E-state index in [1.54, 1.807) is 11.2 Å². The van der Waals surface area contributed by atoms with Crippen molar-refractivity contribution in [3.05, 3.63) is 35.9 Å². The van der Waals surface area contributed by atoms with E-state index < -0.39 is 10.0 Å². The molecule has 2 rings (SSSR count). The second-order valence-electron chi connectivity index (χ2n) is 5.62. The van der Waals surface area contributed by atoms with Gasteiger partial charge in [-0.2, -0.15) is 0 Å². The Balaban J connectivity index is 1.63. The summed E-state index contributed by atoms with van der Waals surface area (Å²) in [6, 6.07) is 11.0. The summed E-state index contributed by atoms with van der Waals surface area (Å²) < 4.78 is 25.2. The fourth-order valence-corrected chi connectivity index (χ4v) is 3.90. The van der Waals surface area contributed by atoms with Crippen LogP contribution in [-0.4, -0.2) is 44.2 Å². The Hall–Kier alpha value is -0.910. The molecule has 1 heterocycles. The quantitative estimate of drug-likeness (QED) is 0.784. The summed E-state index contributed by atoms with van der Waals surface area (Å²) in [7, 11) is -3.00. The lowest BCUT2D eigenvalue weighted by atomic mass is 10.1. The van der Waals surface area contributed by atoms with Crippen molar-refractivity contribution in [2.75, 3.05) is 25.4 Å². The van der Waals surface area contributed by atoms with Crippen LogP contribution in [-0.2, 0) is 16.4 Å². The van der Waals surface area contributed by atoms with Gasteiger partial charge in [-0.25, -0.2) is 12.7 Å². The van der Waals surface area contributed by atoms with Crippen LogP contribution in [0.3, 0.4) is 0 Å². The highest BCUT2D eigenvalue weighted by Gasteiger charge is 2.26. The first-order valence-corrected chi connectivity index (χ1v) is 9.48. The third-order valence-electron chi connectivity index (χ3n) is 4.13. The van der Waals surface area contributed by atoms with Crippen molar-refractivity contribution in [3.63, 3.8) is 0 Å². The van der Waals surface area contributed by atoms with E-state index in [0.717, 1.165) is 32.2 Å². The maximum atomic E-state index is 11.8. The van der Waals surface area contributed by atoms with Gasteiger partial charge in [0.25, 0.3) is 0 Å². The molecular formula is C16H26N2O2S. The predicted molar refractivity (Wildman–Crippen MR) is 86.8 cm³/mol. The fraction of sp³-hybridized carbons (Fsp3) is 0.625. The average molecular weight is 310 g/mol. The molecule has 118 valence electrons. The second-order valence-corrected chi connectivity index (χ2v) is 7.87. The number of aryl methyl sites for hydroxylation is 1. The van der Waals surface area contributed by atoms with Gasteiger partial charge in [-0.3, -0.25) is 0 Å². The molecule has 1 N–H and O–H groups in total. The molecule has 0 bridgehead atoms. The molecule has 0 amide bonds. The molecule has 1 aromatic carbocycles. The largest absolute Gasteiger partial charge is 0.314 e. The second kappa shape index (κ2) is 7.92. The van der Waals surface area contributed by atoms with Crippen LogP contribution < -0.4 is 5.32 Å². The first kappa shape index (κ1) is 16.5. The average Bonchev–Trinajstić information content (AvgIpc) is 2.53. The molecule has 0 atom stereocenters. The number of piperidine rings is 1. The van der Waals surface area contributed by atoms with Crippen molar-refractivity contribution < 1.29 is 8.42 Å². The minimum Gasteiger partial charge on any atom is -0.314 e. The van der Waals surface area contributed by atoms with Gasteiger partial charge in [-0.15, -0.1) is 0 Å². The SMILES string of the molecule is CCS(=O)(=O)N1CCC(NCCCc2ccccc2)CC1. The van der Waals surface area contributed by atoms with Gasteiger partial charge in [0, 0.05) is 19.1 Å². The third kappa shape index (κ3) is 5.09. The van der Waals surface area contributed by atoms with Crippen LogP contribution in [0.25, 0.3) is 0 Å². The van der Waals surface area contributed by atoms with E-state index in [1.807, 2.05) is 6.07 Å². The number of nitrogens with one attached hydrogen (secondary N) is 1. The molecule has 1 aromatic rings. The molecule has 0 saturated carbocycles. The highest BCUT2D eigenvalue weighted by atomic mass is 32.2. The highest BCUT2D eigenvalue weighted by molar-refractivity contribution is 7.89. The Bertz CT molecular complexity index is 508. The lowest BCUT2D eigenvalue weighted by molar-refractivity contribution is 0.289. The van der Waals surface area contributed by atoms with Crippen molar-refractivity contribution >= 4 is 10.0 Å². The van der Waals surface area contributed by atoms with Gasteiger partial charge in [-0.1, -0.05) is 30.3 Å². The number of hydrogen-bond acceptors (Lipinski definition) is 3. The summed E-state index contributed by atoms with van der Waals surface area (Å²) >= 11 is 0. The molecule has 1 aliphatic heterocycles. The Morgan fingerprint density at radius 2 is 1.86 bits per heavy atom. The van der Waals surface area contributed by atoms with Crippen LogP contribution in [0.5, 0.6) is 0 Å². The van der Waals surface area contributed by atoms with E-state index in [-0.39, 0.29) is 5.75 Å². The van der Waals surface area contributed by atoms with Crippen LogP contribution in [0.2, 0.25) is 0 Å². The highest BCUT2D eigenvalue weighted by Crippen LogP contribution is 2.14. The molecule has 5 heteroatoms. The topological polar surface area (TPSA) is 49.4 Å². The number of sulfonamides is 1. The van der Waals surface area contributed by atoms with Crippen molar-refractivity contribution in [3.8, 4) is 0 Å². The molecule has 4 nitrogen and oxygen atoms in total. The van der Waals surface area contributed by atoms with E-state index in [9.17, 15) is 8.42 Å². The molecule has 0 unspecified atom stereocenters. The number of nitrogens with zero attached hydrogens (tertiary/aromatic N) is 1. The van der Waals surface area contributed by atoms with E-state index >= 15 is 0 Å². The molecule has 1 aliphatic rings. The first-order chi connectivity index (χ1) is 10.1. The summed E-state index contributed by atoms with van der Waals surface area (Å²) in [6.45, 7) is 4.03. The Morgan fingerprint density at radius 1 is 1.19 bits per heavy atom. The molecule has 0 spiro atoms. The Kier molecular flexibility index (Phi) is 6.21. The maximum Gasteiger partial charge on any atom is 0.213 e. The first-order valence-electron chi connectivity index (χ1n) is 7.87. The summed E-state index contributed by atoms with van der Waals surface area (Å²) in [6.07, 6.45) is 4.06. The van der Waals surface area contributed by atoms with Gasteiger partial charge >= 0.3 is 0 Å². The normalized spacial score (nSPS) is 18.0. The van der Waals surface area contributed by atoms with Gasteiger partial charge in [-0.05, 0) is 44.7 Å². The van der Waals surface area contributed by atoms with Crippen LogP contribution in [0.4, 0.5) is 0 Å². The number of rotatable bonds is 7. The molecule has 0 radical (unpaired) electrons. The van der Waals surface area contributed by atoms with Gasteiger partial charge in [0.2, 0.25) is 10.0 Å². The third-order valence-corrected chi connectivity index (χ3v) is 6.01. The minimum atomic E-state index is -3.00. The Labute approximate surface area is 128 Å². The molecule has 1 saturated heterocycles. The lowest BCUT2D eigenvalue weighted by Crippen LogP contribution is -2.45. The molecule has 0 aromatic heterocycles. The van der Waals surface area contributed by atoms with E-state index in [0.29, 0.717) is 19.1 Å². The predicted octanol–water partition coefficient (Wildman–Crippen LogP) is 2.02. The zero-order valence-electron chi connectivity index (χ0n) is 12.8. The van der Waals surface area contributed by atoms with E-state index in [2.05, 4.69) is 29.6 Å². The minimum absolute atomic E-state index is 0.210. The fourth-order valence-electron chi connectivity index (χ4n) is 2.76. The van der Waals surface area contributed by atoms with Crippen LogP contribution >= 0.6 is 0 Å². The van der Waals surface area contributed by atoms with Crippen molar-refractivity contribution in [2.24, 2.45) is 0 Å². The number of hydrogen-bond donors (Lipinski definition) is 1. The van der Waals surface area contributed by atoms with Crippen molar-refractivity contribution in [1.82, 2.24) is 9.62 Å². The summed E-state index contributed by atoms with van der Waals surface area (Å²) in [4.78, 5) is 0. The Morgan fingerprint density at radius 3 is 2.48 bits per heavy atom. The monoisotopic (exact) mass is 310 g/mol. The van der Waals surface area contributed by atoms with E-state index in [1.165, 1.54) is 5.56 Å². The maximum absolute atomic E-state index is 11.8. The van der Waals surface area contributed by atoms with Gasteiger partial charge in [0.15, 0.2) is 0 Å². The van der Waals surface area contributed by atoms with Crippen molar-refractivity contribution in [2.45, 2.75) is 38.6 Å². The van der Waals surface area contributed by atoms with Crippen molar-refractivity contribution in [1.29, 1.82) is 0 Å². The zero-order valence-corrected chi connectivity index (χ0v) is 13.6. The van der Waals surface area contributed by atoms with Gasteiger partial charge in [0.05, 0.1) is 5.75 Å². The zero-order chi connectivity index (χ0) is 15.1.